The van der Waals surface area contributed by atoms with Gasteiger partial charge in [-0.15, -0.1) is 0 Å². The highest BCUT2D eigenvalue weighted by atomic mass is 15.0. The molecule has 9 unspecified atom stereocenters. The Morgan fingerprint density at radius 1 is 0.750 bits per heavy atom. The van der Waals surface area contributed by atoms with E-state index in [1.165, 1.54) is 95.5 Å². The van der Waals surface area contributed by atoms with Gasteiger partial charge in [-0.1, -0.05) is 18.2 Å². The van der Waals surface area contributed by atoms with Gasteiger partial charge in [0.2, 0.25) is 0 Å². The van der Waals surface area contributed by atoms with Gasteiger partial charge in [0.05, 0.1) is 28.9 Å². The molecule has 5 aromatic rings. The minimum Gasteiger partial charge on any atom is -0.305 e. The first-order chi connectivity index (χ1) is 17.8. The molecular formula is C33H29N3. The van der Waals surface area contributed by atoms with Crippen molar-refractivity contribution in [3.8, 4) is 0 Å². The van der Waals surface area contributed by atoms with Crippen molar-refractivity contribution in [2.45, 2.75) is 75.0 Å². The maximum absolute atomic E-state index is 5.34. The molecule has 9 atom stereocenters. The zero-order chi connectivity index (χ0) is 22.7. The molecule has 1 spiro atoms. The molecule has 0 saturated heterocycles. The zero-order valence-corrected chi connectivity index (χ0v) is 20.5. The van der Waals surface area contributed by atoms with Gasteiger partial charge in [0.1, 0.15) is 0 Å². The van der Waals surface area contributed by atoms with Crippen molar-refractivity contribution in [2.24, 2.45) is 29.1 Å². The average Bonchev–Trinajstić information content (AvgIpc) is 3.60. The molecule has 1 aromatic carbocycles. The quantitative estimate of drug-likeness (QED) is 0.234. The van der Waals surface area contributed by atoms with Crippen molar-refractivity contribution in [3.63, 3.8) is 0 Å². The molecule has 0 amide bonds. The van der Waals surface area contributed by atoms with Crippen molar-refractivity contribution in [2.75, 3.05) is 0 Å². The summed E-state index contributed by atoms with van der Waals surface area (Å²) >= 11 is 0. The normalized spacial score (nSPS) is 42.2. The number of para-hydroxylation sites is 1. The van der Waals surface area contributed by atoms with Gasteiger partial charge in [-0.05, 0) is 103 Å². The Morgan fingerprint density at radius 2 is 1.53 bits per heavy atom. The van der Waals surface area contributed by atoms with Crippen LogP contribution < -0.4 is 0 Å². The summed E-state index contributed by atoms with van der Waals surface area (Å²) in [4.78, 5) is 10.6. The van der Waals surface area contributed by atoms with Crippen LogP contribution in [0.15, 0.2) is 30.6 Å². The Balaban J connectivity index is 1.23. The Morgan fingerprint density at radius 3 is 2.36 bits per heavy atom. The maximum atomic E-state index is 5.34. The fourth-order valence-electron chi connectivity index (χ4n) is 12.5. The second-order valence-electron chi connectivity index (χ2n) is 14.2. The lowest BCUT2D eigenvalue weighted by Crippen LogP contribution is -2.59. The first-order valence-electron chi connectivity index (χ1n) is 14.8. The summed E-state index contributed by atoms with van der Waals surface area (Å²) in [6, 6.07) is 7.20. The lowest BCUT2D eigenvalue weighted by Gasteiger charge is -2.67. The number of benzene rings is 1. The highest BCUT2D eigenvalue weighted by Crippen LogP contribution is 2.82. The molecule has 3 nitrogen and oxygen atoms in total. The van der Waals surface area contributed by atoms with Crippen LogP contribution in [0.5, 0.6) is 0 Å². The largest absolute Gasteiger partial charge is 0.305 e. The summed E-state index contributed by atoms with van der Waals surface area (Å²) in [5, 5.41) is 6.05. The molecule has 3 heteroatoms. The van der Waals surface area contributed by atoms with Gasteiger partial charge >= 0.3 is 0 Å². The van der Waals surface area contributed by atoms with Crippen LogP contribution in [0.25, 0.3) is 38.1 Å². The number of hydrogen-bond donors (Lipinski definition) is 0. The van der Waals surface area contributed by atoms with Gasteiger partial charge in [-0.2, -0.15) is 0 Å². The molecule has 7 aliphatic rings. The Kier molecular flexibility index (Phi) is 2.54. The van der Waals surface area contributed by atoms with Gasteiger partial charge in [-0.3, -0.25) is 9.97 Å². The lowest BCUT2D eigenvalue weighted by molar-refractivity contribution is -0.147. The van der Waals surface area contributed by atoms with E-state index >= 15 is 0 Å². The summed E-state index contributed by atoms with van der Waals surface area (Å²) in [7, 11) is 0. The van der Waals surface area contributed by atoms with Gasteiger partial charge in [0, 0.05) is 44.8 Å². The molecule has 5 saturated carbocycles. The third kappa shape index (κ3) is 1.55. The standard InChI is InChI=1S/C33H29N3/c1-2-20-28-24(12-34-30-22-6-14-4-15(22)7-16(5-14)26(28)30)36-25-13-35-31-23-10-19-9-18-8-17(11-33(18,19)23)27(31)29(25)21(3-1)32(20)36/h1-3,12-19,22-23H,4-11H2. The maximum Gasteiger partial charge on any atom is 0.0728 e. The topological polar surface area (TPSA) is 30.2 Å². The summed E-state index contributed by atoms with van der Waals surface area (Å²) in [6.07, 6.45) is 15.9. The van der Waals surface area contributed by atoms with Gasteiger partial charge in [0.25, 0.3) is 0 Å². The third-order valence-corrected chi connectivity index (χ3v) is 13.5. The number of nitrogens with zero attached hydrogens (tertiary/aromatic N) is 3. The second-order valence-corrected chi connectivity index (χ2v) is 14.2. The molecule has 176 valence electrons. The fourth-order valence-corrected chi connectivity index (χ4v) is 12.5. The molecule has 7 aliphatic carbocycles. The van der Waals surface area contributed by atoms with Crippen LogP contribution in [0.3, 0.4) is 0 Å². The minimum atomic E-state index is 0.660. The van der Waals surface area contributed by atoms with Crippen LogP contribution in [-0.4, -0.2) is 14.4 Å². The summed E-state index contributed by atoms with van der Waals surface area (Å²) in [5.41, 5.74) is 11.1. The molecule has 0 radical (unpaired) electrons. The first kappa shape index (κ1) is 17.7. The summed E-state index contributed by atoms with van der Waals surface area (Å²) in [5.74, 6) is 6.75. The number of hydrogen-bond acceptors (Lipinski definition) is 2. The summed E-state index contributed by atoms with van der Waals surface area (Å²) < 4.78 is 2.59. The minimum absolute atomic E-state index is 0.660. The molecule has 4 heterocycles. The smallest absolute Gasteiger partial charge is 0.0728 e. The number of pyridine rings is 2. The highest BCUT2D eigenvalue weighted by molar-refractivity contribution is 6.24. The van der Waals surface area contributed by atoms with Gasteiger partial charge in [-0.25, -0.2) is 0 Å². The van der Waals surface area contributed by atoms with Crippen LogP contribution in [0.4, 0.5) is 0 Å². The number of aromatic nitrogens is 3. The highest BCUT2D eigenvalue weighted by Gasteiger charge is 2.72. The van der Waals surface area contributed by atoms with Gasteiger partial charge < -0.3 is 4.40 Å². The van der Waals surface area contributed by atoms with E-state index < -0.39 is 0 Å². The van der Waals surface area contributed by atoms with E-state index in [0.717, 1.165) is 47.3 Å². The predicted octanol–water partition coefficient (Wildman–Crippen LogP) is 7.63. The van der Waals surface area contributed by atoms with Crippen molar-refractivity contribution in [1.82, 2.24) is 14.4 Å². The van der Waals surface area contributed by atoms with Gasteiger partial charge in [0.15, 0.2) is 0 Å². The Hall–Kier alpha value is -2.68. The Bertz CT molecular complexity index is 1880. The van der Waals surface area contributed by atoms with Crippen molar-refractivity contribution in [3.05, 3.63) is 53.1 Å². The predicted molar refractivity (Wildman–Crippen MR) is 141 cm³/mol. The van der Waals surface area contributed by atoms with E-state index in [0.29, 0.717) is 5.41 Å². The first-order valence-corrected chi connectivity index (χ1v) is 14.8. The summed E-state index contributed by atoms with van der Waals surface area (Å²) in [6.45, 7) is 0. The fraction of sp³-hybridized carbons (Fsp3) is 0.515. The molecule has 4 aromatic heterocycles. The van der Waals surface area contributed by atoms with Crippen molar-refractivity contribution in [1.29, 1.82) is 0 Å². The average molecular weight is 468 g/mol. The molecular weight excluding hydrogens is 438 g/mol. The molecule has 5 fully saturated rings. The second kappa shape index (κ2) is 5.17. The molecule has 0 N–H and O–H groups in total. The van der Waals surface area contributed by atoms with Crippen LogP contribution in [0.1, 0.15) is 97.6 Å². The van der Waals surface area contributed by atoms with Crippen LogP contribution in [-0.2, 0) is 0 Å². The molecule has 36 heavy (non-hydrogen) atoms. The zero-order valence-electron chi connectivity index (χ0n) is 20.5. The molecule has 12 rings (SSSR count). The van der Waals surface area contributed by atoms with Crippen LogP contribution >= 0.6 is 0 Å². The number of fused-ring (bicyclic) bond motifs is 17. The Labute approximate surface area is 209 Å². The van der Waals surface area contributed by atoms with E-state index in [1.807, 2.05) is 0 Å². The van der Waals surface area contributed by atoms with E-state index in [-0.39, 0.29) is 0 Å². The SMILES string of the molecule is c1cc2c3c4c(ncc3n3c5cnc6c(c5c(c1)c23)C1CC2CC3CC6C23C1)C1CC2CC4CC1C2. The van der Waals surface area contributed by atoms with Crippen molar-refractivity contribution >= 4 is 38.1 Å². The molecule has 5 bridgehead atoms. The monoisotopic (exact) mass is 467 g/mol. The number of rotatable bonds is 0. The van der Waals surface area contributed by atoms with E-state index in [4.69, 9.17) is 9.97 Å². The van der Waals surface area contributed by atoms with Crippen molar-refractivity contribution < 1.29 is 0 Å². The van der Waals surface area contributed by atoms with Crippen LogP contribution in [0, 0.1) is 29.1 Å². The van der Waals surface area contributed by atoms with E-state index in [1.54, 1.807) is 16.5 Å². The third-order valence-electron chi connectivity index (χ3n) is 13.5. The van der Waals surface area contributed by atoms with E-state index in [9.17, 15) is 0 Å². The molecule has 0 aliphatic heterocycles. The lowest BCUT2D eigenvalue weighted by atomic mass is 9.37. The van der Waals surface area contributed by atoms with E-state index in [2.05, 4.69) is 35.0 Å². The van der Waals surface area contributed by atoms with Crippen LogP contribution in [0.2, 0.25) is 0 Å².